The topological polar surface area (TPSA) is 51.2 Å². The number of benzene rings is 1. The van der Waals surface area contributed by atoms with Gasteiger partial charge in [0, 0.05) is 0 Å². The van der Waals surface area contributed by atoms with E-state index in [0.29, 0.717) is 0 Å². The first-order valence-corrected chi connectivity index (χ1v) is 3.50. The Morgan fingerprint density at radius 2 is 0.700 bits per heavy atom. The van der Waals surface area contributed by atoms with Gasteiger partial charge in [-0.2, -0.15) is 0 Å². The Labute approximate surface area is 60.4 Å². The highest BCUT2D eigenvalue weighted by molar-refractivity contribution is 7.59. The Hall–Kier alpha value is -1.16. The van der Waals surface area contributed by atoms with E-state index in [1.54, 1.807) is 0 Å². The summed E-state index contributed by atoms with van der Waals surface area (Å²) in [6.07, 6.45) is 0. The second kappa shape index (κ2) is 5.97. The minimum atomic E-state index is -3.11. The Kier molecular flexibility index (Phi) is 5.28. The van der Waals surface area contributed by atoms with E-state index < -0.39 is 10.6 Å². The fourth-order valence-corrected chi connectivity index (χ4v) is 0.385. The number of rotatable bonds is 0. The zero-order valence-electron chi connectivity index (χ0n) is 5.10. The maximum Gasteiger partial charge on any atom is 0.425 e. The maximum atomic E-state index is 8.44. The molecule has 0 radical (unpaired) electrons. The standard InChI is InChI=1S/C6H6.O3S/c1-2-4-6-5-3-1;1-4(2)3/h1-6H;. The van der Waals surface area contributed by atoms with Gasteiger partial charge in [0.25, 0.3) is 0 Å². The molecule has 0 N–H and O–H groups in total. The van der Waals surface area contributed by atoms with Gasteiger partial charge in [-0.15, -0.1) is 12.6 Å². The Morgan fingerprint density at radius 1 is 0.600 bits per heavy atom. The molecule has 0 fully saturated rings. The van der Waals surface area contributed by atoms with Gasteiger partial charge in [0.1, 0.15) is 0 Å². The summed E-state index contributed by atoms with van der Waals surface area (Å²) in [4.78, 5) is 0. The van der Waals surface area contributed by atoms with Crippen LogP contribution < -0.4 is 0 Å². The lowest BCUT2D eigenvalue weighted by atomic mass is 10.4. The molecular formula is C6H6O3S. The summed E-state index contributed by atoms with van der Waals surface area (Å²) in [5.74, 6) is 0. The molecule has 0 aliphatic heterocycles. The maximum absolute atomic E-state index is 8.44. The molecule has 1 aromatic rings. The Balaban J connectivity index is 0.000000180. The van der Waals surface area contributed by atoms with Crippen molar-refractivity contribution < 1.29 is 12.6 Å². The van der Waals surface area contributed by atoms with Crippen LogP contribution in [0, 0.1) is 0 Å². The predicted octanol–water partition coefficient (Wildman–Crippen LogP) is 0.683. The largest absolute Gasteiger partial charge is 0.425 e. The van der Waals surface area contributed by atoms with Crippen molar-refractivity contribution in [2.45, 2.75) is 0 Å². The summed E-state index contributed by atoms with van der Waals surface area (Å²) in [5, 5.41) is 0. The summed E-state index contributed by atoms with van der Waals surface area (Å²) in [7, 11) is -3.11. The Bertz CT molecular complexity index is 216. The van der Waals surface area contributed by atoms with Crippen LogP contribution in [-0.4, -0.2) is 12.6 Å². The molecule has 10 heavy (non-hydrogen) atoms. The van der Waals surface area contributed by atoms with Gasteiger partial charge >= 0.3 is 10.6 Å². The molecule has 0 saturated carbocycles. The minimum Gasteiger partial charge on any atom is -0.142 e. The van der Waals surface area contributed by atoms with Gasteiger partial charge in [0.2, 0.25) is 0 Å². The SMILES string of the molecule is O=S(=O)=O.c1ccccc1. The summed E-state index contributed by atoms with van der Waals surface area (Å²) in [5.41, 5.74) is 0. The van der Waals surface area contributed by atoms with Crippen LogP contribution in [0.15, 0.2) is 36.4 Å². The van der Waals surface area contributed by atoms with Crippen LogP contribution in [0.25, 0.3) is 0 Å². The zero-order chi connectivity index (χ0) is 7.82. The minimum absolute atomic E-state index is 2.00. The molecule has 0 saturated heterocycles. The van der Waals surface area contributed by atoms with Crippen molar-refractivity contribution in [2.75, 3.05) is 0 Å². The lowest BCUT2D eigenvalue weighted by Crippen LogP contribution is -1.47. The fourth-order valence-electron chi connectivity index (χ4n) is 0.385. The highest BCUT2D eigenvalue weighted by Crippen LogP contribution is 1.79. The van der Waals surface area contributed by atoms with Crippen molar-refractivity contribution in [2.24, 2.45) is 0 Å². The number of hydrogen-bond acceptors (Lipinski definition) is 3. The summed E-state index contributed by atoms with van der Waals surface area (Å²) in [6.45, 7) is 0. The van der Waals surface area contributed by atoms with Crippen molar-refractivity contribution in [1.82, 2.24) is 0 Å². The van der Waals surface area contributed by atoms with E-state index in [9.17, 15) is 0 Å². The van der Waals surface area contributed by atoms with E-state index in [1.165, 1.54) is 0 Å². The first-order chi connectivity index (χ1) is 4.73. The van der Waals surface area contributed by atoms with Crippen molar-refractivity contribution in [3.05, 3.63) is 36.4 Å². The van der Waals surface area contributed by atoms with Crippen LogP contribution in [-0.2, 0) is 10.6 Å². The quantitative estimate of drug-likeness (QED) is 0.558. The molecule has 1 aromatic carbocycles. The van der Waals surface area contributed by atoms with E-state index in [-0.39, 0.29) is 0 Å². The predicted molar refractivity (Wildman–Crippen MR) is 36.1 cm³/mol. The van der Waals surface area contributed by atoms with Crippen LogP contribution in [0.2, 0.25) is 0 Å². The van der Waals surface area contributed by atoms with Gasteiger partial charge in [0.15, 0.2) is 0 Å². The summed E-state index contributed by atoms with van der Waals surface area (Å²) >= 11 is 0. The Morgan fingerprint density at radius 3 is 0.800 bits per heavy atom. The third-order valence-corrected chi connectivity index (χ3v) is 0.667. The first-order valence-electron chi connectivity index (χ1n) is 2.50. The van der Waals surface area contributed by atoms with Gasteiger partial charge in [-0.3, -0.25) is 0 Å². The summed E-state index contributed by atoms with van der Waals surface area (Å²) < 4.78 is 25.3. The lowest BCUT2D eigenvalue weighted by molar-refractivity contribution is 0.559. The lowest BCUT2D eigenvalue weighted by Gasteiger charge is -1.69. The monoisotopic (exact) mass is 158 g/mol. The van der Waals surface area contributed by atoms with Gasteiger partial charge in [-0.05, 0) is 0 Å². The molecule has 0 unspecified atom stereocenters. The highest BCUT2D eigenvalue weighted by Gasteiger charge is 1.57. The zero-order valence-corrected chi connectivity index (χ0v) is 5.91. The molecule has 0 aliphatic rings. The van der Waals surface area contributed by atoms with E-state index in [0.717, 1.165) is 0 Å². The number of hydrogen-bond donors (Lipinski definition) is 0. The molecule has 4 heteroatoms. The van der Waals surface area contributed by atoms with Crippen LogP contribution in [0.4, 0.5) is 0 Å². The molecule has 0 spiro atoms. The van der Waals surface area contributed by atoms with Gasteiger partial charge in [-0.25, -0.2) is 0 Å². The van der Waals surface area contributed by atoms with Crippen LogP contribution in [0.1, 0.15) is 0 Å². The van der Waals surface area contributed by atoms with E-state index in [1.807, 2.05) is 36.4 Å². The van der Waals surface area contributed by atoms with Crippen molar-refractivity contribution >= 4 is 10.6 Å². The van der Waals surface area contributed by atoms with Crippen LogP contribution >= 0.6 is 0 Å². The normalized spacial score (nSPS) is 7.20. The first kappa shape index (κ1) is 8.84. The molecule has 0 amide bonds. The van der Waals surface area contributed by atoms with E-state index in [4.69, 9.17) is 12.6 Å². The molecular weight excluding hydrogens is 152 g/mol. The molecule has 0 heterocycles. The average Bonchev–Trinajstić information content (AvgIpc) is 1.90. The van der Waals surface area contributed by atoms with Crippen molar-refractivity contribution in [3.63, 3.8) is 0 Å². The highest BCUT2D eigenvalue weighted by atomic mass is 32.2. The molecule has 0 aliphatic carbocycles. The summed E-state index contributed by atoms with van der Waals surface area (Å²) in [6, 6.07) is 12.0. The van der Waals surface area contributed by atoms with E-state index >= 15 is 0 Å². The van der Waals surface area contributed by atoms with Crippen molar-refractivity contribution in [3.8, 4) is 0 Å². The molecule has 54 valence electrons. The van der Waals surface area contributed by atoms with Crippen LogP contribution in [0.5, 0.6) is 0 Å². The van der Waals surface area contributed by atoms with Crippen LogP contribution in [0.3, 0.4) is 0 Å². The molecule has 3 nitrogen and oxygen atoms in total. The average molecular weight is 158 g/mol. The smallest absolute Gasteiger partial charge is 0.142 e. The second-order valence-corrected chi connectivity index (χ2v) is 1.77. The molecule has 0 bridgehead atoms. The van der Waals surface area contributed by atoms with Gasteiger partial charge in [0.05, 0.1) is 0 Å². The molecule has 0 atom stereocenters. The van der Waals surface area contributed by atoms with Gasteiger partial charge in [-0.1, -0.05) is 36.4 Å². The molecule has 1 rings (SSSR count). The van der Waals surface area contributed by atoms with E-state index in [2.05, 4.69) is 0 Å². The third kappa shape index (κ3) is 9.96. The molecule has 0 aromatic heterocycles. The van der Waals surface area contributed by atoms with Gasteiger partial charge < -0.3 is 0 Å². The second-order valence-electron chi connectivity index (χ2n) is 1.36. The fraction of sp³-hybridized carbons (Fsp3) is 0. The third-order valence-electron chi connectivity index (χ3n) is 0.667. The van der Waals surface area contributed by atoms with Crippen molar-refractivity contribution in [1.29, 1.82) is 0 Å².